The zero-order valence-electron chi connectivity index (χ0n) is 15.2. The van der Waals surface area contributed by atoms with Crippen LogP contribution in [0.1, 0.15) is 23.9 Å². The number of nitrogens with one attached hydrogen (secondary N) is 2. The van der Waals surface area contributed by atoms with E-state index in [1.807, 2.05) is 18.2 Å². The van der Waals surface area contributed by atoms with Gasteiger partial charge >= 0.3 is 0 Å². The fourth-order valence-corrected chi connectivity index (χ4v) is 5.34. The minimum atomic E-state index is -1.54. The first kappa shape index (κ1) is 16.4. The Morgan fingerprint density at radius 2 is 1.86 bits per heavy atom. The summed E-state index contributed by atoms with van der Waals surface area (Å²) in [5, 5.41) is 16.8. The van der Waals surface area contributed by atoms with Crippen molar-refractivity contribution in [2.75, 3.05) is 11.9 Å². The summed E-state index contributed by atoms with van der Waals surface area (Å²) in [5.74, 6) is -0.494. The van der Waals surface area contributed by atoms with Gasteiger partial charge in [-0.15, -0.1) is 0 Å². The largest absolute Gasteiger partial charge is 0.393 e. The molecule has 7 rings (SSSR count). The van der Waals surface area contributed by atoms with E-state index in [9.17, 15) is 19.5 Å². The van der Waals surface area contributed by atoms with Gasteiger partial charge < -0.3 is 15.7 Å². The molecule has 0 aliphatic carbocycles. The number of amides is 2. The standard InChI is InChI=1S/C21H16N4O4/c26-10-21-18-22-13-7-3-1-5-11(13)17(28)25(18)15(16(27)24-21)9-20(21)12-6-2-4-8-14(12)23-19(20)29/h1-8,15,26H,9-10H2,(H,23,29)(H,24,27)/t15-,20+,21+/m0/s1. The molecule has 3 N–H and O–H groups in total. The molecule has 1 saturated heterocycles. The second-order valence-electron chi connectivity index (χ2n) is 7.81. The van der Waals surface area contributed by atoms with Gasteiger partial charge in [0.15, 0.2) is 0 Å². The third-order valence-electron chi connectivity index (χ3n) is 6.63. The summed E-state index contributed by atoms with van der Waals surface area (Å²) in [7, 11) is 0. The van der Waals surface area contributed by atoms with E-state index in [1.54, 1.807) is 30.3 Å². The van der Waals surface area contributed by atoms with Gasteiger partial charge in [0.1, 0.15) is 22.8 Å². The SMILES string of the molecule is O=C1N[C@]2(CO)c3nc4ccccc4c(=O)n3[C@H]1C[C@@]21C(=O)Nc2ccccc21. The Hall–Kier alpha value is -3.52. The molecule has 0 unspecified atom stereocenters. The van der Waals surface area contributed by atoms with Crippen LogP contribution in [0.25, 0.3) is 10.9 Å². The number of aromatic nitrogens is 2. The molecular weight excluding hydrogens is 372 g/mol. The van der Waals surface area contributed by atoms with E-state index < -0.39 is 29.5 Å². The number of anilines is 1. The van der Waals surface area contributed by atoms with Crippen molar-refractivity contribution in [3.8, 4) is 0 Å². The maximum atomic E-state index is 13.3. The Labute approximate surface area is 164 Å². The topological polar surface area (TPSA) is 113 Å². The Morgan fingerprint density at radius 1 is 1.10 bits per heavy atom. The molecular formula is C21H16N4O4. The highest BCUT2D eigenvalue weighted by molar-refractivity contribution is 6.09. The number of para-hydroxylation sites is 2. The lowest BCUT2D eigenvalue weighted by Gasteiger charge is -2.56. The van der Waals surface area contributed by atoms with Crippen LogP contribution in [0.15, 0.2) is 53.3 Å². The Bertz CT molecular complexity index is 1320. The molecule has 29 heavy (non-hydrogen) atoms. The summed E-state index contributed by atoms with van der Waals surface area (Å²) >= 11 is 0. The van der Waals surface area contributed by atoms with E-state index in [0.717, 1.165) is 0 Å². The van der Waals surface area contributed by atoms with Crippen LogP contribution in [-0.4, -0.2) is 33.1 Å². The predicted molar refractivity (Wildman–Crippen MR) is 103 cm³/mol. The van der Waals surface area contributed by atoms with E-state index in [0.29, 0.717) is 22.2 Å². The molecule has 4 aliphatic rings. The molecule has 144 valence electrons. The van der Waals surface area contributed by atoms with Crippen LogP contribution in [0.2, 0.25) is 0 Å². The van der Waals surface area contributed by atoms with Crippen LogP contribution >= 0.6 is 0 Å². The molecule has 8 nitrogen and oxygen atoms in total. The first-order valence-electron chi connectivity index (χ1n) is 9.39. The third kappa shape index (κ3) is 1.65. The molecule has 1 aromatic heterocycles. The molecule has 1 fully saturated rings. The third-order valence-corrected chi connectivity index (χ3v) is 6.63. The number of aliphatic hydroxyl groups excluding tert-OH is 1. The lowest BCUT2D eigenvalue weighted by Crippen LogP contribution is -2.75. The van der Waals surface area contributed by atoms with Crippen molar-refractivity contribution in [2.45, 2.75) is 23.4 Å². The minimum Gasteiger partial charge on any atom is -0.393 e. The number of nitrogens with zero attached hydrogens (tertiary/aromatic N) is 2. The van der Waals surface area contributed by atoms with Crippen molar-refractivity contribution >= 4 is 28.4 Å². The van der Waals surface area contributed by atoms with E-state index in [4.69, 9.17) is 0 Å². The highest BCUT2D eigenvalue weighted by atomic mass is 16.3. The quantitative estimate of drug-likeness (QED) is 0.563. The molecule has 2 bridgehead atoms. The van der Waals surface area contributed by atoms with Crippen molar-refractivity contribution in [3.05, 3.63) is 70.3 Å². The minimum absolute atomic E-state index is 0.0785. The number of carbonyl (C=O) groups excluding carboxylic acids is 2. The lowest BCUT2D eigenvalue weighted by atomic mass is 9.57. The Kier molecular flexibility index (Phi) is 2.89. The van der Waals surface area contributed by atoms with Gasteiger partial charge in [-0.2, -0.15) is 0 Å². The molecule has 0 saturated carbocycles. The molecule has 1 spiro atoms. The maximum Gasteiger partial charge on any atom is 0.262 e. The average molecular weight is 388 g/mol. The molecule has 3 aromatic rings. The number of rotatable bonds is 1. The number of aliphatic hydroxyl groups is 1. The monoisotopic (exact) mass is 388 g/mol. The number of hydrogen-bond acceptors (Lipinski definition) is 5. The second kappa shape index (κ2) is 5.09. The maximum absolute atomic E-state index is 13.3. The van der Waals surface area contributed by atoms with Crippen LogP contribution < -0.4 is 16.2 Å². The number of carbonyl (C=O) groups is 2. The Balaban J connectivity index is 1.77. The van der Waals surface area contributed by atoms with Crippen molar-refractivity contribution in [2.24, 2.45) is 0 Å². The fourth-order valence-electron chi connectivity index (χ4n) is 5.34. The summed E-state index contributed by atoms with van der Waals surface area (Å²) in [6.07, 6.45) is 0.0785. The summed E-state index contributed by atoms with van der Waals surface area (Å²) in [6.45, 7) is -0.571. The van der Waals surface area contributed by atoms with E-state index in [-0.39, 0.29) is 23.7 Å². The molecule has 8 heteroatoms. The van der Waals surface area contributed by atoms with Crippen LogP contribution in [0, 0.1) is 0 Å². The predicted octanol–water partition coefficient (Wildman–Crippen LogP) is 0.549. The van der Waals surface area contributed by atoms with Gasteiger partial charge in [0.25, 0.3) is 5.56 Å². The summed E-state index contributed by atoms with van der Waals surface area (Å²) in [4.78, 5) is 44.2. The molecule has 2 amide bonds. The second-order valence-corrected chi connectivity index (χ2v) is 7.81. The zero-order chi connectivity index (χ0) is 20.0. The van der Waals surface area contributed by atoms with Crippen molar-refractivity contribution < 1.29 is 14.7 Å². The first-order chi connectivity index (χ1) is 14.0. The smallest absolute Gasteiger partial charge is 0.262 e. The number of hydrogen-bond donors (Lipinski definition) is 3. The van der Waals surface area contributed by atoms with Crippen molar-refractivity contribution in [1.82, 2.24) is 14.9 Å². The molecule has 3 atom stereocenters. The van der Waals surface area contributed by atoms with Crippen LogP contribution in [0.4, 0.5) is 5.69 Å². The average Bonchev–Trinajstić information content (AvgIpc) is 3.01. The Morgan fingerprint density at radius 3 is 2.69 bits per heavy atom. The van der Waals surface area contributed by atoms with Gasteiger partial charge in [0.05, 0.1) is 17.5 Å². The van der Waals surface area contributed by atoms with Gasteiger partial charge in [0.2, 0.25) is 11.8 Å². The van der Waals surface area contributed by atoms with Crippen molar-refractivity contribution in [3.63, 3.8) is 0 Å². The van der Waals surface area contributed by atoms with Crippen LogP contribution in [0.5, 0.6) is 0 Å². The molecule has 2 aromatic carbocycles. The number of fused-ring (bicyclic) bond motifs is 3. The van der Waals surface area contributed by atoms with Gasteiger partial charge in [-0.3, -0.25) is 19.0 Å². The highest BCUT2D eigenvalue weighted by Gasteiger charge is 2.71. The van der Waals surface area contributed by atoms with Crippen LogP contribution in [-0.2, 0) is 20.5 Å². The number of benzene rings is 2. The van der Waals surface area contributed by atoms with Gasteiger partial charge in [-0.1, -0.05) is 30.3 Å². The zero-order valence-corrected chi connectivity index (χ0v) is 15.2. The van der Waals surface area contributed by atoms with Gasteiger partial charge in [-0.25, -0.2) is 4.98 Å². The van der Waals surface area contributed by atoms with E-state index in [2.05, 4.69) is 15.6 Å². The highest BCUT2D eigenvalue weighted by Crippen LogP contribution is 2.58. The summed E-state index contributed by atoms with van der Waals surface area (Å²) in [5.41, 5.74) is -1.35. The first-order valence-corrected chi connectivity index (χ1v) is 9.39. The number of piperidine rings is 1. The van der Waals surface area contributed by atoms with Crippen molar-refractivity contribution in [1.29, 1.82) is 0 Å². The fraction of sp³-hybridized carbons (Fsp3) is 0.238. The molecule has 4 aliphatic heterocycles. The van der Waals surface area contributed by atoms with Gasteiger partial charge in [0, 0.05) is 5.69 Å². The molecule has 5 heterocycles. The van der Waals surface area contributed by atoms with E-state index >= 15 is 0 Å². The van der Waals surface area contributed by atoms with E-state index in [1.165, 1.54) is 4.57 Å². The normalized spacial score (nSPS) is 28.9. The van der Waals surface area contributed by atoms with Crippen LogP contribution in [0.3, 0.4) is 0 Å². The molecule has 0 radical (unpaired) electrons. The summed E-state index contributed by atoms with van der Waals surface area (Å²) < 4.78 is 1.36. The lowest BCUT2D eigenvalue weighted by molar-refractivity contribution is -0.146. The van der Waals surface area contributed by atoms with Gasteiger partial charge in [-0.05, 0) is 30.2 Å². The summed E-state index contributed by atoms with van der Waals surface area (Å²) in [6, 6.07) is 13.2.